The third-order valence-corrected chi connectivity index (χ3v) is 15.8. The van der Waals surface area contributed by atoms with E-state index in [0.29, 0.717) is 0 Å². The van der Waals surface area contributed by atoms with Gasteiger partial charge in [-0.3, -0.25) is 0 Å². The van der Waals surface area contributed by atoms with Gasteiger partial charge in [0, 0.05) is 0 Å². The van der Waals surface area contributed by atoms with E-state index < -0.39 is 17.4 Å². The van der Waals surface area contributed by atoms with Gasteiger partial charge in [0.25, 0.3) is 0 Å². The number of rotatable bonds is 11. The van der Waals surface area contributed by atoms with Crippen molar-refractivity contribution in [3.05, 3.63) is 24.3 Å². The SMILES string of the molecule is CC[N](CC)[Ti]([N](CC)CC)([N](CC)CC)[C]1(CC)C=CC=C1. The van der Waals surface area contributed by atoms with Crippen LogP contribution in [0.3, 0.4) is 0 Å². The van der Waals surface area contributed by atoms with Crippen molar-refractivity contribution in [1.82, 2.24) is 10.1 Å². The van der Waals surface area contributed by atoms with Crippen LogP contribution in [0.2, 0.25) is 3.72 Å². The Kier molecular flexibility index (Phi) is 8.75. The van der Waals surface area contributed by atoms with Gasteiger partial charge in [0.15, 0.2) is 0 Å². The van der Waals surface area contributed by atoms with Gasteiger partial charge in [-0.1, -0.05) is 0 Å². The summed E-state index contributed by atoms with van der Waals surface area (Å²) in [6.45, 7) is 23.4. The van der Waals surface area contributed by atoms with E-state index in [-0.39, 0.29) is 3.72 Å². The number of hydrogen-bond acceptors (Lipinski definition) is 3. The van der Waals surface area contributed by atoms with Crippen LogP contribution in [0.5, 0.6) is 0 Å². The van der Waals surface area contributed by atoms with E-state index in [2.05, 4.69) is 82.9 Å². The van der Waals surface area contributed by atoms with Crippen molar-refractivity contribution in [1.29, 1.82) is 0 Å². The van der Waals surface area contributed by atoms with Crippen LogP contribution in [0.15, 0.2) is 24.3 Å². The summed E-state index contributed by atoms with van der Waals surface area (Å²) in [5.74, 6) is 0. The maximum atomic E-state index is 2.86. The Morgan fingerprint density at radius 2 is 0.913 bits per heavy atom. The fourth-order valence-corrected chi connectivity index (χ4v) is 15.2. The summed E-state index contributed by atoms with van der Waals surface area (Å²) < 4.78 is 8.82. The van der Waals surface area contributed by atoms with Crippen LogP contribution in [-0.4, -0.2) is 49.4 Å². The van der Waals surface area contributed by atoms with Gasteiger partial charge in [0.2, 0.25) is 0 Å². The molecule has 3 nitrogen and oxygen atoms in total. The fraction of sp³-hybridized carbons (Fsp3) is 0.789. The Hall–Kier alpha value is 0.0743. The summed E-state index contributed by atoms with van der Waals surface area (Å²) in [6.07, 6.45) is 10.8. The molecule has 0 aromatic heterocycles. The average molecular weight is 357 g/mol. The Bertz CT molecular complexity index is 350. The molecule has 0 aliphatic heterocycles. The minimum atomic E-state index is -2.77. The normalized spacial score (nSPS) is 17.1. The summed E-state index contributed by atoms with van der Waals surface area (Å²) in [5.41, 5.74) is 0. The van der Waals surface area contributed by atoms with Crippen LogP contribution in [0.25, 0.3) is 0 Å². The molecular weight excluding hydrogens is 318 g/mol. The molecule has 0 atom stereocenters. The molecule has 23 heavy (non-hydrogen) atoms. The van der Waals surface area contributed by atoms with Crippen molar-refractivity contribution in [3.63, 3.8) is 0 Å². The van der Waals surface area contributed by atoms with Crippen molar-refractivity contribution in [2.75, 3.05) is 39.3 Å². The molecule has 1 aliphatic rings. The van der Waals surface area contributed by atoms with Gasteiger partial charge in [0.1, 0.15) is 0 Å². The maximum absolute atomic E-state index is 2.86. The molecule has 0 spiro atoms. The van der Waals surface area contributed by atoms with E-state index in [4.69, 9.17) is 0 Å². The van der Waals surface area contributed by atoms with Gasteiger partial charge in [-0.15, -0.1) is 0 Å². The van der Waals surface area contributed by atoms with Gasteiger partial charge < -0.3 is 0 Å². The average Bonchev–Trinajstić information content (AvgIpc) is 3.07. The number of allylic oxidation sites excluding steroid dienone is 4. The van der Waals surface area contributed by atoms with E-state index in [0.717, 1.165) is 39.3 Å². The Labute approximate surface area is 149 Å². The zero-order chi connectivity index (χ0) is 17.5. The zero-order valence-corrected chi connectivity index (χ0v) is 18.2. The van der Waals surface area contributed by atoms with Gasteiger partial charge in [0.05, 0.1) is 0 Å². The molecule has 134 valence electrons. The first-order valence-electron chi connectivity index (χ1n) is 9.70. The molecule has 0 saturated heterocycles. The van der Waals surface area contributed by atoms with Gasteiger partial charge in [-0.05, 0) is 0 Å². The van der Waals surface area contributed by atoms with Crippen LogP contribution in [0.1, 0.15) is 54.9 Å². The predicted octanol–water partition coefficient (Wildman–Crippen LogP) is 4.61. The molecule has 0 radical (unpaired) electrons. The third-order valence-electron chi connectivity index (χ3n) is 5.72. The molecule has 0 bridgehead atoms. The molecule has 0 saturated carbocycles. The van der Waals surface area contributed by atoms with E-state index >= 15 is 0 Å². The van der Waals surface area contributed by atoms with Crippen molar-refractivity contribution in [2.45, 2.75) is 58.6 Å². The Morgan fingerprint density at radius 1 is 0.609 bits per heavy atom. The molecule has 0 aromatic carbocycles. The van der Waals surface area contributed by atoms with E-state index in [1.807, 2.05) is 0 Å². The zero-order valence-electron chi connectivity index (χ0n) is 16.6. The molecule has 0 unspecified atom stereocenters. The van der Waals surface area contributed by atoms with Crippen molar-refractivity contribution in [3.8, 4) is 0 Å². The van der Waals surface area contributed by atoms with Crippen molar-refractivity contribution < 1.29 is 17.4 Å². The van der Waals surface area contributed by atoms with E-state index in [1.54, 1.807) is 0 Å². The van der Waals surface area contributed by atoms with E-state index in [9.17, 15) is 0 Å². The standard InChI is InChI=1S/C7H9.3C4H10N.Ti/c1-2-7-5-3-4-6-7;3*1-3-5-4-2;/h3-6H,2H2,1H3;3*3-4H2,1-2H3;/q;3*-1;+3. The minimum absolute atomic E-state index is 0.226. The van der Waals surface area contributed by atoms with Crippen molar-refractivity contribution in [2.24, 2.45) is 0 Å². The second-order valence-corrected chi connectivity index (χ2v) is 12.7. The first-order valence-corrected chi connectivity index (χ1v) is 12.6. The predicted molar refractivity (Wildman–Crippen MR) is 100 cm³/mol. The van der Waals surface area contributed by atoms with Crippen LogP contribution in [0, 0.1) is 0 Å². The summed E-state index contributed by atoms with van der Waals surface area (Å²) >= 11 is -2.77. The summed E-state index contributed by atoms with van der Waals surface area (Å²) in [5, 5.41) is 0. The number of nitrogens with zero attached hydrogens (tertiary/aromatic N) is 3. The molecule has 1 aliphatic carbocycles. The third kappa shape index (κ3) is 3.41. The van der Waals surface area contributed by atoms with Crippen LogP contribution in [-0.2, 0) is 17.4 Å². The molecule has 1 rings (SSSR count). The quantitative estimate of drug-likeness (QED) is 0.500. The molecule has 0 aromatic rings. The second kappa shape index (κ2) is 9.53. The number of hydrogen-bond donors (Lipinski definition) is 0. The second-order valence-electron chi connectivity index (χ2n) is 6.26. The molecule has 0 amide bonds. The van der Waals surface area contributed by atoms with Crippen LogP contribution >= 0.6 is 0 Å². The Balaban J connectivity index is 3.70. The molecule has 4 heteroatoms. The van der Waals surface area contributed by atoms with Crippen LogP contribution in [0.4, 0.5) is 0 Å². The van der Waals surface area contributed by atoms with Gasteiger partial charge in [-0.25, -0.2) is 0 Å². The van der Waals surface area contributed by atoms with Gasteiger partial charge >= 0.3 is 150 Å². The summed E-state index contributed by atoms with van der Waals surface area (Å²) in [7, 11) is 0. The summed E-state index contributed by atoms with van der Waals surface area (Å²) in [6, 6.07) is 0. The fourth-order valence-electron chi connectivity index (χ4n) is 4.68. The molecule has 0 N–H and O–H groups in total. The van der Waals surface area contributed by atoms with Gasteiger partial charge in [-0.2, -0.15) is 0 Å². The molecule has 0 heterocycles. The first-order chi connectivity index (χ1) is 11.1. The van der Waals surface area contributed by atoms with E-state index in [1.165, 1.54) is 6.42 Å². The monoisotopic (exact) mass is 357 g/mol. The molecule has 0 fully saturated rings. The summed E-state index contributed by atoms with van der Waals surface area (Å²) in [4.78, 5) is 0. The first kappa shape index (κ1) is 21.1. The Morgan fingerprint density at radius 3 is 1.13 bits per heavy atom. The van der Waals surface area contributed by atoms with Crippen LogP contribution < -0.4 is 0 Å². The van der Waals surface area contributed by atoms with Crippen molar-refractivity contribution >= 4 is 0 Å². The molecular formula is C19H39N3Ti. The topological polar surface area (TPSA) is 9.72 Å².